The van der Waals surface area contributed by atoms with E-state index in [2.05, 4.69) is 0 Å². The van der Waals surface area contributed by atoms with Crippen LogP contribution in [0.15, 0.2) is 60.0 Å². The number of carbonyl (C=O) groups excluding carboxylic acids is 1. The summed E-state index contributed by atoms with van der Waals surface area (Å²) in [6.45, 7) is 1.85. The van der Waals surface area contributed by atoms with E-state index in [0.717, 1.165) is 29.2 Å². The Hall–Kier alpha value is -2.61. The number of amides is 1. The first kappa shape index (κ1) is 19.2. The zero-order valence-electron chi connectivity index (χ0n) is 14.3. The number of benzene rings is 2. The second-order valence-electron chi connectivity index (χ2n) is 6.31. The lowest BCUT2D eigenvalue weighted by Gasteiger charge is -2.28. The van der Waals surface area contributed by atoms with E-state index in [9.17, 15) is 26.4 Å². The summed E-state index contributed by atoms with van der Waals surface area (Å²) in [6.07, 6.45) is -3.21. The Morgan fingerprint density at radius 2 is 1.78 bits per heavy atom. The van der Waals surface area contributed by atoms with Crippen LogP contribution in [0, 0.1) is 6.92 Å². The molecule has 1 heterocycles. The molecule has 1 aliphatic rings. The number of nitrogens with zero attached hydrogens (tertiary/aromatic N) is 1. The molecule has 0 spiro atoms. The molecule has 142 valence electrons. The van der Waals surface area contributed by atoms with Crippen molar-refractivity contribution in [1.29, 1.82) is 0 Å². The summed E-state index contributed by atoms with van der Waals surface area (Å²) >= 11 is 0. The molecule has 27 heavy (non-hydrogen) atoms. The van der Waals surface area contributed by atoms with Crippen LogP contribution in [0.5, 0.6) is 0 Å². The molecule has 8 heteroatoms. The quantitative estimate of drug-likeness (QED) is 0.790. The number of hydrogen-bond donors (Lipinski definition) is 0. The molecule has 1 atom stereocenters. The molecule has 0 aliphatic carbocycles. The van der Waals surface area contributed by atoms with Crippen LogP contribution in [0.2, 0.25) is 0 Å². The fourth-order valence-corrected chi connectivity index (χ4v) is 4.12. The van der Waals surface area contributed by atoms with E-state index in [-0.39, 0.29) is 11.3 Å². The minimum absolute atomic E-state index is 0.164. The summed E-state index contributed by atoms with van der Waals surface area (Å²) in [5.41, 5.74) is 0.240. The van der Waals surface area contributed by atoms with E-state index in [1.165, 1.54) is 17.0 Å². The molecule has 3 rings (SSSR count). The van der Waals surface area contributed by atoms with Crippen molar-refractivity contribution in [3.63, 3.8) is 0 Å². The van der Waals surface area contributed by atoms with Gasteiger partial charge in [-0.2, -0.15) is 13.2 Å². The molecule has 0 aromatic heterocycles. The minimum Gasteiger partial charge on any atom is -0.300 e. The molecule has 0 saturated heterocycles. The highest BCUT2D eigenvalue weighted by molar-refractivity contribution is 7.94. The molecule has 0 unspecified atom stereocenters. The molecule has 2 aromatic carbocycles. The molecule has 4 nitrogen and oxygen atoms in total. The van der Waals surface area contributed by atoms with E-state index < -0.39 is 33.5 Å². The smallest absolute Gasteiger partial charge is 0.300 e. The molecule has 2 aromatic rings. The molecule has 0 N–H and O–H groups in total. The molecule has 1 amide bonds. The molecule has 0 saturated carbocycles. The van der Waals surface area contributed by atoms with Crippen molar-refractivity contribution in [3.8, 4) is 0 Å². The van der Waals surface area contributed by atoms with Gasteiger partial charge < -0.3 is 4.90 Å². The largest absolute Gasteiger partial charge is 0.416 e. The van der Waals surface area contributed by atoms with Crippen molar-refractivity contribution in [3.05, 3.63) is 76.7 Å². The van der Waals surface area contributed by atoms with Gasteiger partial charge in [0, 0.05) is 16.7 Å². The summed E-state index contributed by atoms with van der Waals surface area (Å²) in [4.78, 5) is 14.3. The van der Waals surface area contributed by atoms with E-state index in [1.807, 2.05) is 6.92 Å². The molecule has 1 aliphatic heterocycles. The van der Waals surface area contributed by atoms with Gasteiger partial charge in [0.25, 0.3) is 5.91 Å². The lowest BCUT2D eigenvalue weighted by Crippen LogP contribution is -2.41. The first-order valence-electron chi connectivity index (χ1n) is 8.05. The Balaban J connectivity index is 2.04. The number of anilines is 1. The van der Waals surface area contributed by atoms with Crippen LogP contribution in [0.1, 0.15) is 21.5 Å². The number of halogens is 3. The van der Waals surface area contributed by atoms with Crippen LogP contribution in [-0.2, 0) is 16.0 Å². The van der Waals surface area contributed by atoms with Gasteiger partial charge in [-0.1, -0.05) is 23.8 Å². The van der Waals surface area contributed by atoms with Crippen molar-refractivity contribution in [2.75, 3.05) is 10.7 Å². The minimum atomic E-state index is -4.58. The summed E-state index contributed by atoms with van der Waals surface area (Å²) in [5.74, 6) is -1.01. The first-order valence-corrected chi connectivity index (χ1v) is 9.77. The number of sulfone groups is 1. The Bertz CT molecular complexity index is 996. The van der Waals surface area contributed by atoms with Crippen LogP contribution in [-0.4, -0.2) is 26.1 Å². The number of carbonyl (C=O) groups is 1. The maximum atomic E-state index is 13.0. The SMILES string of the molecule is Cc1ccc(N(C(=O)c2cccc(C(F)(F)F)c2)[C@@H]2C=CS(=O)(=O)C2)cc1. The van der Waals surface area contributed by atoms with Crippen molar-refractivity contribution in [2.45, 2.75) is 19.1 Å². The highest BCUT2D eigenvalue weighted by atomic mass is 32.2. The van der Waals surface area contributed by atoms with E-state index >= 15 is 0 Å². The summed E-state index contributed by atoms with van der Waals surface area (Å²) in [6, 6.07) is 10.1. The van der Waals surface area contributed by atoms with Crippen LogP contribution in [0.4, 0.5) is 18.9 Å². The van der Waals surface area contributed by atoms with Gasteiger partial charge in [0.15, 0.2) is 9.84 Å². The van der Waals surface area contributed by atoms with Gasteiger partial charge in [-0.05, 0) is 43.3 Å². The molecule has 0 fully saturated rings. The highest BCUT2D eigenvalue weighted by Crippen LogP contribution is 2.31. The zero-order valence-corrected chi connectivity index (χ0v) is 15.1. The normalized spacial score (nSPS) is 18.4. The topological polar surface area (TPSA) is 54.5 Å². The summed E-state index contributed by atoms with van der Waals surface area (Å²) in [7, 11) is -3.46. The fraction of sp³-hybridized carbons (Fsp3) is 0.211. The van der Waals surface area contributed by atoms with Crippen molar-refractivity contribution in [1.82, 2.24) is 0 Å². The van der Waals surface area contributed by atoms with Gasteiger partial charge in [0.05, 0.1) is 17.4 Å². The predicted molar refractivity (Wildman–Crippen MR) is 96.1 cm³/mol. The number of rotatable bonds is 3. The van der Waals surface area contributed by atoms with E-state index in [4.69, 9.17) is 0 Å². The monoisotopic (exact) mass is 395 g/mol. The highest BCUT2D eigenvalue weighted by Gasteiger charge is 2.34. The zero-order chi connectivity index (χ0) is 19.8. The van der Waals surface area contributed by atoms with Crippen molar-refractivity contribution < 1.29 is 26.4 Å². The lowest BCUT2D eigenvalue weighted by molar-refractivity contribution is -0.137. The van der Waals surface area contributed by atoms with Crippen molar-refractivity contribution in [2.24, 2.45) is 0 Å². The lowest BCUT2D eigenvalue weighted by atomic mass is 10.1. The van der Waals surface area contributed by atoms with Crippen LogP contribution < -0.4 is 4.90 Å². The van der Waals surface area contributed by atoms with Crippen molar-refractivity contribution >= 4 is 21.4 Å². The van der Waals surface area contributed by atoms with Gasteiger partial charge in [0.2, 0.25) is 0 Å². The van der Waals surface area contributed by atoms with Gasteiger partial charge in [0.1, 0.15) is 0 Å². The van der Waals surface area contributed by atoms with Crippen LogP contribution in [0.3, 0.4) is 0 Å². The molecular formula is C19H16F3NO3S. The number of alkyl halides is 3. The predicted octanol–water partition coefficient (Wildman–Crippen LogP) is 3.97. The Morgan fingerprint density at radius 1 is 1.11 bits per heavy atom. The van der Waals surface area contributed by atoms with Gasteiger partial charge in [-0.15, -0.1) is 0 Å². The fourth-order valence-electron chi connectivity index (χ4n) is 2.85. The average Bonchev–Trinajstić information content (AvgIpc) is 2.95. The Morgan fingerprint density at radius 3 is 2.33 bits per heavy atom. The van der Waals surface area contributed by atoms with Crippen LogP contribution in [0.25, 0.3) is 0 Å². The molecule has 0 bridgehead atoms. The maximum Gasteiger partial charge on any atom is 0.416 e. The number of hydrogen-bond acceptors (Lipinski definition) is 3. The summed E-state index contributed by atoms with van der Waals surface area (Å²) < 4.78 is 62.6. The third-order valence-corrected chi connectivity index (χ3v) is 5.59. The maximum absolute atomic E-state index is 13.0. The van der Waals surface area contributed by atoms with E-state index in [0.29, 0.717) is 5.69 Å². The molecular weight excluding hydrogens is 379 g/mol. The second kappa shape index (κ2) is 6.84. The van der Waals surface area contributed by atoms with Crippen LogP contribution >= 0.6 is 0 Å². The van der Waals surface area contributed by atoms with Gasteiger partial charge in [-0.25, -0.2) is 8.42 Å². The second-order valence-corrected chi connectivity index (χ2v) is 8.25. The number of aryl methyl sites for hydroxylation is 1. The summed E-state index contributed by atoms with van der Waals surface area (Å²) in [5, 5.41) is 1.03. The molecule has 0 radical (unpaired) electrons. The standard InChI is InChI=1S/C19H16F3NO3S/c1-13-5-7-16(8-6-13)23(17-9-10-27(25,26)12-17)18(24)14-3-2-4-15(11-14)19(20,21)22/h2-11,17H,12H2,1H3/t17-/m1/s1. The Kier molecular flexibility index (Phi) is 4.86. The third-order valence-electron chi connectivity index (χ3n) is 4.21. The third kappa shape index (κ3) is 4.21. The average molecular weight is 395 g/mol. The first-order chi connectivity index (χ1) is 12.6. The van der Waals surface area contributed by atoms with E-state index in [1.54, 1.807) is 24.3 Å². The van der Waals surface area contributed by atoms with Gasteiger partial charge >= 0.3 is 6.18 Å². The van der Waals surface area contributed by atoms with Gasteiger partial charge in [-0.3, -0.25) is 4.79 Å². The Labute approximate surface area is 154 Å².